The van der Waals surface area contributed by atoms with E-state index >= 15 is 0 Å². The summed E-state index contributed by atoms with van der Waals surface area (Å²) in [6.45, 7) is 6.23. The van der Waals surface area contributed by atoms with E-state index in [1.165, 1.54) is 148 Å². The van der Waals surface area contributed by atoms with Crippen LogP contribution >= 0.6 is 0 Å². The Bertz CT molecular complexity index is 792. The maximum atomic E-state index is 6.39. The van der Waals surface area contributed by atoms with Crippen LogP contribution in [0.1, 0.15) is 174 Å². The highest BCUT2D eigenvalue weighted by atomic mass is 16.5. The molecule has 0 aliphatic rings. The highest BCUT2D eigenvalue weighted by Gasteiger charge is 2.09. The fraction of sp³-hybridized carbons (Fsp3) is 0.732. The molecule has 0 fully saturated rings. The number of hydrogen-bond acceptors (Lipinski definition) is 2. The number of aromatic nitrogens is 2. The molecule has 1 aromatic heterocycles. The lowest BCUT2D eigenvalue weighted by atomic mass is 10.0. The van der Waals surface area contributed by atoms with Crippen molar-refractivity contribution in [3.8, 4) is 0 Å². The van der Waals surface area contributed by atoms with Crippen LogP contribution in [0.25, 0.3) is 0 Å². The standard InChI is InChI=1S/C41H72N2O/c1-3-5-7-9-11-13-15-17-19-21-23-25-27-29-31-33-35-41(44-39-38-43-37-36-42-40-43)34-32-30-28-26-24-22-20-18-16-14-12-10-8-6-4-2/h10-13,16-19,36-37,40-41H,3-9,14-15,20-35,38-39H2,1-2H3/b12-10+,13-11-,18-16-,19-17-. The molecule has 1 atom stereocenters. The summed E-state index contributed by atoms with van der Waals surface area (Å²) < 4.78 is 8.51. The van der Waals surface area contributed by atoms with Gasteiger partial charge >= 0.3 is 0 Å². The summed E-state index contributed by atoms with van der Waals surface area (Å²) in [6.07, 6.45) is 57.4. The molecule has 0 amide bonds. The molecule has 1 rings (SSSR count). The van der Waals surface area contributed by atoms with E-state index in [0.29, 0.717) is 6.10 Å². The lowest BCUT2D eigenvalue weighted by Crippen LogP contribution is -2.16. The molecule has 0 aliphatic heterocycles. The van der Waals surface area contributed by atoms with Gasteiger partial charge in [-0.05, 0) is 70.6 Å². The molecule has 0 radical (unpaired) electrons. The minimum Gasteiger partial charge on any atom is -0.376 e. The van der Waals surface area contributed by atoms with Gasteiger partial charge in [-0.1, -0.05) is 152 Å². The van der Waals surface area contributed by atoms with Gasteiger partial charge in [-0.15, -0.1) is 0 Å². The molecule has 1 aromatic rings. The van der Waals surface area contributed by atoms with Gasteiger partial charge < -0.3 is 9.30 Å². The van der Waals surface area contributed by atoms with Gasteiger partial charge in [-0.2, -0.15) is 0 Å². The van der Waals surface area contributed by atoms with Gasteiger partial charge in [-0.3, -0.25) is 0 Å². The second kappa shape index (κ2) is 34.0. The molecular weight excluding hydrogens is 536 g/mol. The molecule has 0 saturated heterocycles. The van der Waals surface area contributed by atoms with E-state index in [1.807, 2.05) is 18.7 Å². The number of rotatable bonds is 33. The van der Waals surface area contributed by atoms with E-state index in [4.69, 9.17) is 4.74 Å². The molecular formula is C41H72N2O. The summed E-state index contributed by atoms with van der Waals surface area (Å²) in [5.74, 6) is 0. The number of allylic oxidation sites excluding steroid dienone is 8. The third kappa shape index (κ3) is 28.9. The largest absolute Gasteiger partial charge is 0.376 e. The van der Waals surface area contributed by atoms with Crippen molar-refractivity contribution in [1.29, 1.82) is 0 Å². The number of ether oxygens (including phenoxy) is 1. The highest BCUT2D eigenvalue weighted by Crippen LogP contribution is 2.17. The Morgan fingerprint density at radius 1 is 0.545 bits per heavy atom. The Kier molecular flexibility index (Phi) is 31.0. The minimum atomic E-state index is 0.422. The Balaban J connectivity index is 2.07. The van der Waals surface area contributed by atoms with Crippen LogP contribution in [0.4, 0.5) is 0 Å². The average Bonchev–Trinajstić information content (AvgIpc) is 3.56. The van der Waals surface area contributed by atoms with Crippen LogP contribution in [-0.4, -0.2) is 22.3 Å². The van der Waals surface area contributed by atoms with E-state index in [0.717, 1.165) is 26.0 Å². The van der Waals surface area contributed by atoms with Gasteiger partial charge in [0.05, 0.1) is 19.0 Å². The van der Waals surface area contributed by atoms with Crippen LogP contribution < -0.4 is 0 Å². The zero-order valence-electron chi connectivity index (χ0n) is 29.3. The molecule has 1 heterocycles. The summed E-state index contributed by atoms with van der Waals surface area (Å²) in [4.78, 5) is 4.16. The van der Waals surface area contributed by atoms with E-state index in [1.54, 1.807) is 0 Å². The van der Waals surface area contributed by atoms with Crippen LogP contribution in [0.15, 0.2) is 67.3 Å². The first-order valence-corrected chi connectivity index (χ1v) is 19.0. The van der Waals surface area contributed by atoms with Crippen molar-refractivity contribution in [3.05, 3.63) is 67.3 Å². The smallest absolute Gasteiger partial charge is 0.0946 e. The predicted octanol–water partition coefficient (Wildman–Crippen LogP) is 13.3. The second-order valence-corrected chi connectivity index (χ2v) is 12.7. The van der Waals surface area contributed by atoms with Crippen LogP contribution in [0.5, 0.6) is 0 Å². The lowest BCUT2D eigenvalue weighted by molar-refractivity contribution is 0.0333. The molecule has 0 saturated carbocycles. The van der Waals surface area contributed by atoms with Gasteiger partial charge in [-0.25, -0.2) is 4.98 Å². The van der Waals surface area contributed by atoms with Gasteiger partial charge in [0, 0.05) is 18.9 Å². The lowest BCUT2D eigenvalue weighted by Gasteiger charge is -2.18. The first-order valence-electron chi connectivity index (χ1n) is 19.0. The summed E-state index contributed by atoms with van der Waals surface area (Å²) in [7, 11) is 0. The molecule has 252 valence electrons. The molecule has 3 nitrogen and oxygen atoms in total. The Morgan fingerprint density at radius 2 is 1.00 bits per heavy atom. The fourth-order valence-electron chi connectivity index (χ4n) is 5.58. The number of unbranched alkanes of at least 4 members (excludes halogenated alkanes) is 17. The summed E-state index contributed by atoms with van der Waals surface area (Å²) in [5, 5.41) is 0. The quantitative estimate of drug-likeness (QED) is 0.0586. The third-order valence-electron chi connectivity index (χ3n) is 8.47. The minimum absolute atomic E-state index is 0.422. The third-order valence-corrected chi connectivity index (χ3v) is 8.47. The van der Waals surface area contributed by atoms with E-state index in [-0.39, 0.29) is 0 Å². The molecule has 0 aliphatic carbocycles. The summed E-state index contributed by atoms with van der Waals surface area (Å²) in [6, 6.07) is 0. The van der Waals surface area contributed by atoms with Gasteiger partial charge in [0.1, 0.15) is 0 Å². The molecule has 1 unspecified atom stereocenters. The van der Waals surface area contributed by atoms with E-state index < -0.39 is 0 Å². The van der Waals surface area contributed by atoms with E-state index in [2.05, 4.69) is 72.0 Å². The van der Waals surface area contributed by atoms with Crippen molar-refractivity contribution in [2.24, 2.45) is 0 Å². The Hall–Kier alpha value is -1.87. The van der Waals surface area contributed by atoms with Crippen molar-refractivity contribution < 1.29 is 4.74 Å². The van der Waals surface area contributed by atoms with Crippen molar-refractivity contribution in [1.82, 2.24) is 9.55 Å². The van der Waals surface area contributed by atoms with Crippen LogP contribution in [0.2, 0.25) is 0 Å². The first kappa shape index (κ1) is 40.2. The Morgan fingerprint density at radius 3 is 1.48 bits per heavy atom. The summed E-state index contributed by atoms with van der Waals surface area (Å²) in [5.41, 5.74) is 0. The number of nitrogens with zero attached hydrogens (tertiary/aromatic N) is 2. The fourth-order valence-corrected chi connectivity index (χ4v) is 5.58. The molecule has 44 heavy (non-hydrogen) atoms. The van der Waals surface area contributed by atoms with Crippen molar-refractivity contribution >= 4 is 0 Å². The second-order valence-electron chi connectivity index (χ2n) is 12.7. The molecule has 0 bridgehead atoms. The zero-order chi connectivity index (χ0) is 31.4. The molecule has 3 heteroatoms. The maximum Gasteiger partial charge on any atom is 0.0946 e. The van der Waals surface area contributed by atoms with Crippen molar-refractivity contribution in [2.45, 2.75) is 187 Å². The first-order chi connectivity index (χ1) is 21.9. The molecule has 0 aromatic carbocycles. The van der Waals surface area contributed by atoms with Crippen LogP contribution in [0.3, 0.4) is 0 Å². The van der Waals surface area contributed by atoms with Gasteiger partial charge in [0.25, 0.3) is 0 Å². The monoisotopic (exact) mass is 609 g/mol. The SMILES string of the molecule is CCCC/C=C/C/C=C\CCCCCCCCC(CCCCCCCC/C=C\C/C=C\CCCCC)OCCn1ccnc1. The van der Waals surface area contributed by atoms with Gasteiger partial charge in [0.15, 0.2) is 0 Å². The zero-order valence-corrected chi connectivity index (χ0v) is 29.3. The molecule has 0 N–H and O–H groups in total. The number of imidazole rings is 1. The van der Waals surface area contributed by atoms with Crippen LogP contribution in [0, 0.1) is 0 Å². The predicted molar refractivity (Wildman–Crippen MR) is 195 cm³/mol. The van der Waals surface area contributed by atoms with Crippen molar-refractivity contribution in [3.63, 3.8) is 0 Å². The van der Waals surface area contributed by atoms with E-state index in [9.17, 15) is 0 Å². The van der Waals surface area contributed by atoms with Crippen molar-refractivity contribution in [2.75, 3.05) is 6.61 Å². The Labute approximate surface area is 274 Å². The molecule has 0 spiro atoms. The number of hydrogen-bond donors (Lipinski definition) is 0. The topological polar surface area (TPSA) is 27.1 Å². The summed E-state index contributed by atoms with van der Waals surface area (Å²) >= 11 is 0. The normalized spacial score (nSPS) is 13.0. The van der Waals surface area contributed by atoms with Gasteiger partial charge in [0.2, 0.25) is 0 Å². The highest BCUT2D eigenvalue weighted by molar-refractivity contribution is 4.93. The average molecular weight is 609 g/mol. The maximum absolute atomic E-state index is 6.39. The van der Waals surface area contributed by atoms with Crippen LogP contribution in [-0.2, 0) is 11.3 Å².